The summed E-state index contributed by atoms with van der Waals surface area (Å²) in [5.74, 6) is -1.80. The van der Waals surface area contributed by atoms with Crippen molar-refractivity contribution in [2.24, 2.45) is 5.92 Å². The fraction of sp³-hybridized carbons (Fsp3) is 0.417. The number of hydrogen-bond donors (Lipinski definition) is 1. The van der Waals surface area contributed by atoms with E-state index in [-0.39, 0.29) is 0 Å². The molecule has 0 heterocycles. The predicted octanol–water partition coefficient (Wildman–Crippen LogP) is 2.68. The quantitative estimate of drug-likeness (QED) is 0.811. The highest BCUT2D eigenvalue weighted by Gasteiger charge is 2.26. The Morgan fingerprint density at radius 2 is 2.00 bits per heavy atom. The van der Waals surface area contributed by atoms with Gasteiger partial charge in [-0.1, -0.05) is 37.3 Å². The van der Waals surface area contributed by atoms with Gasteiger partial charge >= 0.3 is 5.97 Å². The van der Waals surface area contributed by atoms with Crippen molar-refractivity contribution in [2.45, 2.75) is 25.9 Å². The Balaban J connectivity index is 2.66. The zero-order valence-electron chi connectivity index (χ0n) is 8.69. The third kappa shape index (κ3) is 3.35. The lowest BCUT2D eigenvalue weighted by atomic mass is 9.92. The standard InChI is InChI=1S/C12H15FO2/c1-2-10(11(13)12(14)15)8-9-6-4-3-5-7-9/h3-7,10-11H,2,8H2,1H3,(H,14,15). The predicted molar refractivity (Wildman–Crippen MR) is 56.5 cm³/mol. The molecule has 15 heavy (non-hydrogen) atoms. The molecule has 82 valence electrons. The highest BCUT2D eigenvalue weighted by Crippen LogP contribution is 2.18. The van der Waals surface area contributed by atoms with Crippen LogP contribution in [0.25, 0.3) is 0 Å². The molecule has 0 fully saturated rings. The number of carboxylic acid groups (broad SMARTS) is 1. The number of alkyl halides is 1. The number of rotatable bonds is 5. The molecule has 0 amide bonds. The van der Waals surface area contributed by atoms with Gasteiger partial charge in [0.2, 0.25) is 0 Å². The number of carboxylic acids is 1. The van der Waals surface area contributed by atoms with Crippen LogP contribution in [-0.2, 0) is 11.2 Å². The second-order valence-electron chi connectivity index (χ2n) is 3.60. The Morgan fingerprint density at radius 1 is 1.40 bits per heavy atom. The molecule has 0 saturated carbocycles. The van der Waals surface area contributed by atoms with Crippen LogP contribution in [0.3, 0.4) is 0 Å². The topological polar surface area (TPSA) is 37.3 Å². The van der Waals surface area contributed by atoms with Crippen molar-refractivity contribution in [3.05, 3.63) is 35.9 Å². The molecule has 1 N–H and O–H groups in total. The highest BCUT2D eigenvalue weighted by molar-refractivity contribution is 5.72. The van der Waals surface area contributed by atoms with Gasteiger partial charge in [0.15, 0.2) is 6.17 Å². The molecule has 1 aromatic rings. The van der Waals surface area contributed by atoms with Crippen LogP contribution in [0, 0.1) is 5.92 Å². The lowest BCUT2D eigenvalue weighted by molar-refractivity contribution is -0.145. The van der Waals surface area contributed by atoms with Crippen molar-refractivity contribution in [1.82, 2.24) is 0 Å². The highest BCUT2D eigenvalue weighted by atomic mass is 19.1. The summed E-state index contributed by atoms with van der Waals surface area (Å²) in [5.41, 5.74) is 0.980. The fourth-order valence-electron chi connectivity index (χ4n) is 1.57. The Labute approximate surface area is 88.7 Å². The van der Waals surface area contributed by atoms with Crippen LogP contribution in [0.4, 0.5) is 4.39 Å². The Bertz CT molecular complexity index is 311. The van der Waals surface area contributed by atoms with E-state index in [1.807, 2.05) is 37.3 Å². The number of carbonyl (C=O) groups is 1. The van der Waals surface area contributed by atoms with Crippen molar-refractivity contribution in [3.8, 4) is 0 Å². The molecule has 1 aromatic carbocycles. The molecule has 0 spiro atoms. The first-order valence-electron chi connectivity index (χ1n) is 5.06. The van der Waals surface area contributed by atoms with E-state index in [1.54, 1.807) is 0 Å². The minimum atomic E-state index is -1.77. The summed E-state index contributed by atoms with van der Waals surface area (Å²) in [4.78, 5) is 10.5. The van der Waals surface area contributed by atoms with Crippen LogP contribution in [-0.4, -0.2) is 17.2 Å². The first-order valence-corrected chi connectivity index (χ1v) is 5.06. The van der Waals surface area contributed by atoms with Crippen molar-refractivity contribution < 1.29 is 14.3 Å². The fourth-order valence-corrected chi connectivity index (χ4v) is 1.57. The number of hydrogen-bond acceptors (Lipinski definition) is 1. The lowest BCUT2D eigenvalue weighted by Gasteiger charge is -2.16. The van der Waals surface area contributed by atoms with E-state index in [0.29, 0.717) is 12.8 Å². The number of halogens is 1. The molecule has 0 aliphatic carbocycles. The summed E-state index contributed by atoms with van der Waals surface area (Å²) in [6.07, 6.45) is -0.761. The molecule has 2 atom stereocenters. The van der Waals surface area contributed by atoms with Crippen LogP contribution in [0.2, 0.25) is 0 Å². The molecule has 0 aliphatic heterocycles. The molecule has 2 nitrogen and oxygen atoms in total. The van der Waals surface area contributed by atoms with Crippen molar-refractivity contribution >= 4 is 5.97 Å². The zero-order chi connectivity index (χ0) is 11.3. The molecule has 2 unspecified atom stereocenters. The second-order valence-corrected chi connectivity index (χ2v) is 3.60. The summed E-state index contributed by atoms with van der Waals surface area (Å²) >= 11 is 0. The molecule has 0 bridgehead atoms. The summed E-state index contributed by atoms with van der Waals surface area (Å²) in [6.45, 7) is 1.81. The van der Waals surface area contributed by atoms with Gasteiger partial charge in [-0.05, 0) is 18.4 Å². The monoisotopic (exact) mass is 210 g/mol. The van der Waals surface area contributed by atoms with Crippen molar-refractivity contribution in [3.63, 3.8) is 0 Å². The first-order chi connectivity index (χ1) is 7.15. The lowest BCUT2D eigenvalue weighted by Crippen LogP contribution is -2.26. The maximum Gasteiger partial charge on any atom is 0.338 e. The molecule has 0 aromatic heterocycles. The summed E-state index contributed by atoms with van der Waals surface area (Å²) < 4.78 is 13.3. The van der Waals surface area contributed by atoms with E-state index in [9.17, 15) is 9.18 Å². The van der Waals surface area contributed by atoms with E-state index in [2.05, 4.69) is 0 Å². The van der Waals surface area contributed by atoms with Gasteiger partial charge in [-0.2, -0.15) is 0 Å². The van der Waals surface area contributed by atoms with Crippen molar-refractivity contribution in [2.75, 3.05) is 0 Å². The van der Waals surface area contributed by atoms with E-state index in [4.69, 9.17) is 5.11 Å². The van der Waals surface area contributed by atoms with Gasteiger partial charge in [-0.3, -0.25) is 0 Å². The third-order valence-electron chi connectivity index (χ3n) is 2.51. The van der Waals surface area contributed by atoms with Gasteiger partial charge in [0.25, 0.3) is 0 Å². The number of aliphatic carboxylic acids is 1. The molecule has 0 saturated heterocycles. The summed E-state index contributed by atoms with van der Waals surface area (Å²) in [6, 6.07) is 9.40. The minimum Gasteiger partial charge on any atom is -0.479 e. The number of benzene rings is 1. The van der Waals surface area contributed by atoms with Gasteiger partial charge < -0.3 is 5.11 Å². The normalized spacial score (nSPS) is 14.5. The average molecular weight is 210 g/mol. The maximum atomic E-state index is 13.3. The Kier molecular flexibility index (Phi) is 4.28. The van der Waals surface area contributed by atoms with Crippen LogP contribution in [0.15, 0.2) is 30.3 Å². The van der Waals surface area contributed by atoms with Gasteiger partial charge in [0.05, 0.1) is 0 Å². The Hall–Kier alpha value is -1.38. The van der Waals surface area contributed by atoms with Crippen LogP contribution < -0.4 is 0 Å². The van der Waals surface area contributed by atoms with E-state index < -0.39 is 18.1 Å². The molecule has 1 rings (SSSR count). The van der Waals surface area contributed by atoms with Crippen LogP contribution in [0.5, 0.6) is 0 Å². The van der Waals surface area contributed by atoms with Crippen LogP contribution in [0.1, 0.15) is 18.9 Å². The summed E-state index contributed by atoms with van der Waals surface area (Å²) in [5, 5.41) is 8.59. The van der Waals surface area contributed by atoms with Crippen LogP contribution >= 0.6 is 0 Å². The minimum absolute atomic E-state index is 0.440. The summed E-state index contributed by atoms with van der Waals surface area (Å²) in [7, 11) is 0. The SMILES string of the molecule is CCC(Cc1ccccc1)C(F)C(=O)O. The van der Waals surface area contributed by atoms with Gasteiger partial charge in [-0.25, -0.2) is 9.18 Å². The smallest absolute Gasteiger partial charge is 0.338 e. The maximum absolute atomic E-state index is 13.3. The zero-order valence-corrected chi connectivity index (χ0v) is 8.69. The molecular formula is C12H15FO2. The van der Waals surface area contributed by atoms with E-state index in [1.165, 1.54) is 0 Å². The van der Waals surface area contributed by atoms with Gasteiger partial charge in [-0.15, -0.1) is 0 Å². The largest absolute Gasteiger partial charge is 0.479 e. The molecular weight excluding hydrogens is 195 g/mol. The second kappa shape index (κ2) is 5.49. The van der Waals surface area contributed by atoms with E-state index in [0.717, 1.165) is 5.56 Å². The van der Waals surface area contributed by atoms with Crippen molar-refractivity contribution in [1.29, 1.82) is 0 Å². The van der Waals surface area contributed by atoms with E-state index >= 15 is 0 Å². The molecule has 0 aliphatic rings. The third-order valence-corrected chi connectivity index (χ3v) is 2.51. The molecule has 3 heteroatoms. The van der Waals surface area contributed by atoms with Gasteiger partial charge in [0.1, 0.15) is 0 Å². The average Bonchev–Trinajstić information content (AvgIpc) is 2.26. The Morgan fingerprint density at radius 3 is 2.47 bits per heavy atom. The first kappa shape index (κ1) is 11.7. The molecule has 0 radical (unpaired) electrons. The van der Waals surface area contributed by atoms with Gasteiger partial charge in [0, 0.05) is 5.92 Å².